The second-order valence-electron chi connectivity index (χ2n) is 7.41. The van der Waals surface area contributed by atoms with Crippen molar-refractivity contribution in [2.45, 2.75) is 25.8 Å². The molecule has 2 N–H and O–H groups in total. The topological polar surface area (TPSA) is 57.4 Å². The lowest BCUT2D eigenvalue weighted by molar-refractivity contribution is -0.132. The normalized spacial score (nSPS) is 13.9. The molecule has 0 saturated carbocycles. The number of nitrogens with zero attached hydrogens (tertiary/aromatic N) is 1. The van der Waals surface area contributed by atoms with Crippen molar-refractivity contribution in [1.29, 1.82) is 0 Å². The molecule has 1 amide bonds. The third kappa shape index (κ3) is 4.77. The molecule has 1 fully saturated rings. The molecule has 0 radical (unpaired) electrons. The summed E-state index contributed by atoms with van der Waals surface area (Å²) in [6.07, 6.45) is 4.93. The molecule has 0 spiro atoms. The van der Waals surface area contributed by atoms with E-state index >= 15 is 0 Å². The van der Waals surface area contributed by atoms with Gasteiger partial charge in [-0.25, -0.2) is 4.39 Å². The van der Waals surface area contributed by atoms with Gasteiger partial charge in [-0.2, -0.15) is 0 Å². The van der Waals surface area contributed by atoms with E-state index in [9.17, 15) is 9.18 Å². The molecule has 1 aromatic heterocycles. The predicted molar refractivity (Wildman–Crippen MR) is 111 cm³/mol. The second kappa shape index (κ2) is 9.09. The Balaban J connectivity index is 1.28. The number of para-hydroxylation sites is 1. The number of H-pyrrole nitrogens is 1. The molecule has 3 aromatic rings. The number of aromatic nitrogens is 1. The summed E-state index contributed by atoms with van der Waals surface area (Å²) in [6.45, 7) is 3.21. The highest BCUT2D eigenvalue weighted by atomic mass is 19.1. The van der Waals surface area contributed by atoms with E-state index in [2.05, 4.69) is 10.3 Å². The van der Waals surface area contributed by atoms with Crippen molar-refractivity contribution in [3.8, 4) is 5.75 Å². The Morgan fingerprint density at radius 3 is 2.83 bits per heavy atom. The maximum atomic E-state index is 13.3. The third-order valence-corrected chi connectivity index (χ3v) is 5.40. The summed E-state index contributed by atoms with van der Waals surface area (Å²) in [5, 5.41) is 4.49. The lowest BCUT2D eigenvalue weighted by atomic mass is 10.1. The molecule has 2 heterocycles. The number of fused-ring (bicyclic) bond motifs is 1. The largest absolute Gasteiger partial charge is 0.483 e. The summed E-state index contributed by atoms with van der Waals surface area (Å²) >= 11 is 0. The van der Waals surface area contributed by atoms with Gasteiger partial charge in [0.1, 0.15) is 11.6 Å². The van der Waals surface area contributed by atoms with Crippen LogP contribution >= 0.6 is 0 Å². The van der Waals surface area contributed by atoms with Crippen LogP contribution in [0, 0.1) is 5.82 Å². The van der Waals surface area contributed by atoms with Crippen molar-refractivity contribution in [3.63, 3.8) is 0 Å². The van der Waals surface area contributed by atoms with Crippen LogP contribution in [0.25, 0.3) is 10.9 Å². The maximum Gasteiger partial charge on any atom is 0.260 e. The van der Waals surface area contributed by atoms with Crippen molar-refractivity contribution in [2.75, 3.05) is 26.2 Å². The van der Waals surface area contributed by atoms with Crippen molar-refractivity contribution < 1.29 is 13.9 Å². The van der Waals surface area contributed by atoms with Crippen LogP contribution < -0.4 is 10.1 Å². The number of likely N-dealkylation sites (tertiary alicyclic amines) is 1. The summed E-state index contributed by atoms with van der Waals surface area (Å²) in [6, 6.07) is 12.6. The Bertz CT molecular complexity index is 979. The summed E-state index contributed by atoms with van der Waals surface area (Å²) in [7, 11) is 0. The Morgan fingerprint density at radius 1 is 1.14 bits per heavy atom. The monoisotopic (exact) mass is 395 g/mol. The van der Waals surface area contributed by atoms with Gasteiger partial charge < -0.3 is 19.9 Å². The van der Waals surface area contributed by atoms with Crippen molar-refractivity contribution in [3.05, 3.63) is 65.6 Å². The maximum absolute atomic E-state index is 13.3. The summed E-state index contributed by atoms with van der Waals surface area (Å²) in [5.41, 5.74) is 3.01. The van der Waals surface area contributed by atoms with Gasteiger partial charge >= 0.3 is 0 Å². The fraction of sp³-hybridized carbons (Fsp3) is 0.348. The molecule has 2 aromatic carbocycles. The van der Waals surface area contributed by atoms with Gasteiger partial charge in [-0.1, -0.05) is 18.2 Å². The first kappa shape index (κ1) is 19.5. The zero-order valence-corrected chi connectivity index (χ0v) is 16.4. The molecule has 1 saturated heterocycles. The van der Waals surface area contributed by atoms with Crippen molar-refractivity contribution >= 4 is 16.8 Å². The number of rotatable bonds is 8. The van der Waals surface area contributed by atoms with Crippen LogP contribution in [0.15, 0.2) is 48.7 Å². The Kier molecular flexibility index (Phi) is 6.10. The first-order valence-corrected chi connectivity index (χ1v) is 10.2. The molecule has 29 heavy (non-hydrogen) atoms. The van der Waals surface area contributed by atoms with E-state index in [1.165, 1.54) is 12.1 Å². The molecule has 6 heteroatoms. The first-order chi connectivity index (χ1) is 14.2. The quantitative estimate of drug-likeness (QED) is 0.573. The number of carbonyl (C=O) groups is 1. The minimum atomic E-state index is -0.233. The van der Waals surface area contributed by atoms with E-state index in [1.54, 1.807) is 0 Å². The standard InChI is InChI=1S/C23H26FN3O2/c24-19-7-8-20-17(15-26-21(20)13-19)9-10-25-14-18-5-1-2-6-22(18)29-16-23(28)27-11-3-4-12-27/h1-2,5-8,13,15,25-26H,3-4,9-12,14,16H2. The van der Waals surface area contributed by atoms with Gasteiger partial charge in [0.25, 0.3) is 5.91 Å². The van der Waals surface area contributed by atoms with Gasteiger partial charge in [-0.3, -0.25) is 4.79 Å². The number of nitrogens with one attached hydrogen (secondary N) is 2. The molecule has 1 aliphatic rings. The number of carbonyl (C=O) groups excluding carboxylic acids is 1. The van der Waals surface area contributed by atoms with Crippen molar-refractivity contribution in [1.82, 2.24) is 15.2 Å². The minimum absolute atomic E-state index is 0.0565. The highest BCUT2D eigenvalue weighted by Gasteiger charge is 2.18. The first-order valence-electron chi connectivity index (χ1n) is 10.2. The smallest absolute Gasteiger partial charge is 0.260 e. The lowest BCUT2D eigenvalue weighted by Crippen LogP contribution is -2.32. The summed E-state index contributed by atoms with van der Waals surface area (Å²) in [4.78, 5) is 17.2. The fourth-order valence-corrected chi connectivity index (χ4v) is 3.80. The van der Waals surface area contributed by atoms with E-state index in [4.69, 9.17) is 4.74 Å². The lowest BCUT2D eigenvalue weighted by Gasteiger charge is -2.17. The molecule has 0 unspecified atom stereocenters. The van der Waals surface area contributed by atoms with Gasteiger partial charge in [0, 0.05) is 42.3 Å². The number of hydrogen-bond acceptors (Lipinski definition) is 3. The summed E-state index contributed by atoms with van der Waals surface area (Å²) in [5.74, 6) is 0.569. The van der Waals surface area contributed by atoms with E-state index in [1.807, 2.05) is 41.4 Å². The van der Waals surface area contributed by atoms with Crippen LogP contribution in [-0.2, 0) is 17.8 Å². The molecule has 5 nitrogen and oxygen atoms in total. The van der Waals surface area contributed by atoms with E-state index in [0.717, 1.165) is 66.7 Å². The average Bonchev–Trinajstić information content (AvgIpc) is 3.40. The van der Waals surface area contributed by atoms with Crippen molar-refractivity contribution in [2.24, 2.45) is 0 Å². The van der Waals surface area contributed by atoms with E-state index < -0.39 is 0 Å². The van der Waals surface area contributed by atoms with Gasteiger partial charge in [0.15, 0.2) is 6.61 Å². The zero-order valence-electron chi connectivity index (χ0n) is 16.4. The number of ether oxygens (including phenoxy) is 1. The fourth-order valence-electron chi connectivity index (χ4n) is 3.80. The Morgan fingerprint density at radius 2 is 1.97 bits per heavy atom. The molecule has 0 aliphatic carbocycles. The van der Waals surface area contributed by atoms with Crippen LogP contribution in [0.5, 0.6) is 5.75 Å². The third-order valence-electron chi connectivity index (χ3n) is 5.40. The average molecular weight is 395 g/mol. The molecule has 4 rings (SSSR count). The molecule has 1 aliphatic heterocycles. The molecule has 152 valence electrons. The van der Waals surface area contributed by atoms with Crippen LogP contribution in [0.3, 0.4) is 0 Å². The molecule has 0 bridgehead atoms. The van der Waals surface area contributed by atoms with Crippen LogP contribution in [0.1, 0.15) is 24.0 Å². The SMILES string of the molecule is O=C(COc1ccccc1CNCCc1c[nH]c2cc(F)ccc12)N1CCCC1. The number of benzene rings is 2. The zero-order chi connectivity index (χ0) is 20.1. The minimum Gasteiger partial charge on any atom is -0.483 e. The van der Waals surface area contributed by atoms with Gasteiger partial charge in [-0.15, -0.1) is 0 Å². The highest BCUT2D eigenvalue weighted by Crippen LogP contribution is 2.20. The van der Waals surface area contributed by atoms with Gasteiger partial charge in [0.2, 0.25) is 0 Å². The molecule has 0 atom stereocenters. The predicted octanol–water partition coefficient (Wildman–Crippen LogP) is 3.64. The van der Waals surface area contributed by atoms with E-state index in [0.29, 0.717) is 6.54 Å². The summed E-state index contributed by atoms with van der Waals surface area (Å²) < 4.78 is 19.1. The number of amides is 1. The highest BCUT2D eigenvalue weighted by molar-refractivity contribution is 5.83. The number of halogens is 1. The number of hydrogen-bond donors (Lipinski definition) is 2. The second-order valence-corrected chi connectivity index (χ2v) is 7.41. The van der Waals surface area contributed by atoms with Crippen LogP contribution in [-0.4, -0.2) is 42.0 Å². The van der Waals surface area contributed by atoms with Gasteiger partial charge in [-0.05, 0) is 55.6 Å². The van der Waals surface area contributed by atoms with Crippen LogP contribution in [0.4, 0.5) is 4.39 Å². The number of aromatic amines is 1. The Labute approximate surface area is 169 Å². The van der Waals surface area contributed by atoms with Crippen LogP contribution in [0.2, 0.25) is 0 Å². The molecular formula is C23H26FN3O2. The Hall–Kier alpha value is -2.86. The van der Waals surface area contributed by atoms with Gasteiger partial charge in [0.05, 0.1) is 0 Å². The van der Waals surface area contributed by atoms with E-state index in [-0.39, 0.29) is 18.3 Å². The molecular weight excluding hydrogens is 369 g/mol.